The summed E-state index contributed by atoms with van der Waals surface area (Å²) in [5.41, 5.74) is 1.70. The van der Waals surface area contributed by atoms with Crippen LogP contribution in [0.5, 0.6) is 0 Å². The molecule has 0 saturated carbocycles. The molecule has 1 saturated heterocycles. The highest BCUT2D eigenvalue weighted by Crippen LogP contribution is 2.26. The minimum Gasteiger partial charge on any atom is -0.480 e. The second kappa shape index (κ2) is 7.53. The molecule has 2 rings (SSSR count). The maximum Gasteiger partial charge on any atom is 0.325 e. The zero-order chi connectivity index (χ0) is 18.8. The molecule has 1 atom stereocenters. The van der Waals surface area contributed by atoms with E-state index in [0.29, 0.717) is 23.3 Å². The number of carboxylic acids is 1. The first-order chi connectivity index (χ1) is 11.6. The lowest BCUT2D eigenvalue weighted by atomic mass is 9.97. The Labute approximate surface area is 148 Å². The Morgan fingerprint density at radius 1 is 1.24 bits per heavy atom. The second-order valence-corrected chi connectivity index (χ2v) is 8.42. The van der Waals surface area contributed by atoms with Gasteiger partial charge in [-0.05, 0) is 45.2 Å². The summed E-state index contributed by atoms with van der Waals surface area (Å²) in [5.74, 6) is -1.80. The first-order valence-electron chi connectivity index (χ1n) is 8.23. The Kier molecular flexibility index (Phi) is 5.84. The van der Waals surface area contributed by atoms with Gasteiger partial charge in [-0.2, -0.15) is 4.31 Å². The Bertz CT molecular complexity index is 767. The molecule has 7 nitrogen and oxygen atoms in total. The molecule has 1 fully saturated rings. The lowest BCUT2D eigenvalue weighted by Crippen LogP contribution is -2.46. The van der Waals surface area contributed by atoms with E-state index in [0.717, 1.165) is 5.56 Å². The van der Waals surface area contributed by atoms with Gasteiger partial charge in [-0.3, -0.25) is 9.59 Å². The summed E-state index contributed by atoms with van der Waals surface area (Å²) in [4.78, 5) is 23.2. The first kappa shape index (κ1) is 19.4. The topological polar surface area (TPSA) is 104 Å². The van der Waals surface area contributed by atoms with Gasteiger partial charge in [-0.25, -0.2) is 8.42 Å². The maximum atomic E-state index is 12.8. The number of sulfonamides is 1. The van der Waals surface area contributed by atoms with Gasteiger partial charge in [0.05, 0.1) is 4.90 Å². The molecule has 1 aromatic carbocycles. The maximum absolute atomic E-state index is 12.8. The molecule has 1 amide bonds. The third-order valence-electron chi connectivity index (χ3n) is 4.50. The van der Waals surface area contributed by atoms with E-state index >= 15 is 0 Å². The molecule has 1 aromatic rings. The van der Waals surface area contributed by atoms with Crippen LogP contribution >= 0.6 is 0 Å². The molecule has 0 spiro atoms. The molecule has 0 radical (unpaired) electrons. The molecule has 1 aliphatic rings. The molecule has 25 heavy (non-hydrogen) atoms. The summed E-state index contributed by atoms with van der Waals surface area (Å²) in [5, 5.41) is 11.3. The van der Waals surface area contributed by atoms with Crippen molar-refractivity contribution in [3.63, 3.8) is 0 Å². The summed E-state index contributed by atoms with van der Waals surface area (Å²) >= 11 is 0. The SMILES string of the molecule is Cc1ccc(S(=O)(=O)N2CCC(C(=O)N[C@H](C)C(=O)O)CC2)c(C)c1. The van der Waals surface area contributed by atoms with Crippen molar-refractivity contribution in [1.29, 1.82) is 0 Å². The molecule has 2 N–H and O–H groups in total. The number of nitrogens with zero attached hydrogens (tertiary/aromatic N) is 1. The van der Waals surface area contributed by atoms with E-state index in [-0.39, 0.29) is 24.9 Å². The molecular formula is C17H24N2O5S. The molecule has 0 aromatic heterocycles. The first-order valence-corrected chi connectivity index (χ1v) is 9.67. The second-order valence-electron chi connectivity index (χ2n) is 6.52. The van der Waals surface area contributed by atoms with Crippen LogP contribution in [-0.2, 0) is 19.6 Å². The fourth-order valence-corrected chi connectivity index (χ4v) is 4.65. The predicted molar refractivity (Wildman–Crippen MR) is 92.6 cm³/mol. The van der Waals surface area contributed by atoms with Gasteiger partial charge in [0.15, 0.2) is 0 Å². The zero-order valence-corrected chi connectivity index (χ0v) is 15.5. The van der Waals surface area contributed by atoms with Crippen LogP contribution in [0.1, 0.15) is 30.9 Å². The number of aliphatic carboxylic acids is 1. The third-order valence-corrected chi connectivity index (χ3v) is 6.56. The number of carbonyl (C=O) groups is 2. The number of benzene rings is 1. The number of piperidine rings is 1. The van der Waals surface area contributed by atoms with E-state index in [1.54, 1.807) is 19.1 Å². The van der Waals surface area contributed by atoms with Gasteiger partial charge in [-0.1, -0.05) is 17.7 Å². The predicted octanol–water partition coefficient (Wildman–Crippen LogP) is 1.29. The zero-order valence-electron chi connectivity index (χ0n) is 14.7. The number of rotatable bonds is 5. The van der Waals surface area contributed by atoms with Crippen molar-refractivity contribution in [2.75, 3.05) is 13.1 Å². The summed E-state index contributed by atoms with van der Waals surface area (Å²) in [7, 11) is -3.59. The number of carbonyl (C=O) groups excluding carboxylic acids is 1. The molecule has 0 unspecified atom stereocenters. The lowest BCUT2D eigenvalue weighted by molar-refractivity contribution is -0.142. The normalized spacial score (nSPS) is 17.9. The van der Waals surface area contributed by atoms with Gasteiger partial charge in [0.2, 0.25) is 15.9 Å². The van der Waals surface area contributed by atoms with E-state index in [1.807, 2.05) is 13.0 Å². The summed E-state index contributed by atoms with van der Waals surface area (Å²) in [6.45, 7) is 5.57. The molecule has 0 aliphatic carbocycles. The minimum atomic E-state index is -3.59. The van der Waals surface area contributed by atoms with Crippen molar-refractivity contribution >= 4 is 21.9 Å². The summed E-state index contributed by atoms with van der Waals surface area (Å²) in [6, 6.07) is 4.27. The van der Waals surface area contributed by atoms with E-state index in [9.17, 15) is 18.0 Å². The highest BCUT2D eigenvalue weighted by Gasteiger charge is 2.33. The average Bonchev–Trinajstić information content (AvgIpc) is 2.54. The number of hydrogen-bond acceptors (Lipinski definition) is 4. The van der Waals surface area contributed by atoms with Gasteiger partial charge in [0.25, 0.3) is 0 Å². The van der Waals surface area contributed by atoms with Gasteiger partial charge in [0, 0.05) is 19.0 Å². The monoisotopic (exact) mass is 368 g/mol. The van der Waals surface area contributed by atoms with Crippen LogP contribution in [0, 0.1) is 19.8 Å². The number of amides is 1. The standard InChI is InChI=1S/C17H24N2O5S/c1-11-4-5-15(12(2)10-11)25(23,24)19-8-6-14(7-9-19)16(20)18-13(3)17(21)22/h4-5,10,13-14H,6-9H2,1-3H3,(H,18,20)(H,21,22)/t13-/m1/s1. The average molecular weight is 368 g/mol. The van der Waals surface area contributed by atoms with Crippen molar-refractivity contribution in [3.05, 3.63) is 29.3 Å². The highest BCUT2D eigenvalue weighted by molar-refractivity contribution is 7.89. The van der Waals surface area contributed by atoms with Gasteiger partial charge < -0.3 is 10.4 Å². The van der Waals surface area contributed by atoms with Crippen molar-refractivity contribution in [2.45, 2.75) is 44.6 Å². The molecule has 1 heterocycles. The molecule has 0 bridgehead atoms. The van der Waals surface area contributed by atoms with E-state index in [2.05, 4.69) is 5.32 Å². The lowest BCUT2D eigenvalue weighted by Gasteiger charge is -2.31. The van der Waals surface area contributed by atoms with E-state index < -0.39 is 22.0 Å². The van der Waals surface area contributed by atoms with Crippen LogP contribution in [0.3, 0.4) is 0 Å². The summed E-state index contributed by atoms with van der Waals surface area (Å²) in [6.07, 6.45) is 0.755. The van der Waals surface area contributed by atoms with Crippen LogP contribution in [0.4, 0.5) is 0 Å². The fraction of sp³-hybridized carbons (Fsp3) is 0.529. The third kappa shape index (κ3) is 4.38. The minimum absolute atomic E-state index is 0.245. The Balaban J connectivity index is 2.04. The van der Waals surface area contributed by atoms with Crippen molar-refractivity contribution < 1.29 is 23.1 Å². The molecule has 1 aliphatic heterocycles. The van der Waals surface area contributed by atoms with Crippen molar-refractivity contribution in [1.82, 2.24) is 9.62 Å². The Hall–Kier alpha value is -1.93. The van der Waals surface area contributed by atoms with Crippen LogP contribution in [-0.4, -0.2) is 48.8 Å². The quantitative estimate of drug-likeness (QED) is 0.815. The van der Waals surface area contributed by atoms with Crippen molar-refractivity contribution in [2.24, 2.45) is 5.92 Å². The largest absolute Gasteiger partial charge is 0.480 e. The Morgan fingerprint density at radius 2 is 1.84 bits per heavy atom. The van der Waals surface area contributed by atoms with Gasteiger partial charge >= 0.3 is 5.97 Å². The van der Waals surface area contributed by atoms with Crippen molar-refractivity contribution in [3.8, 4) is 0 Å². The summed E-state index contributed by atoms with van der Waals surface area (Å²) < 4.78 is 27.0. The smallest absolute Gasteiger partial charge is 0.325 e. The van der Waals surface area contributed by atoms with Crippen LogP contribution in [0.25, 0.3) is 0 Å². The van der Waals surface area contributed by atoms with Crippen LogP contribution < -0.4 is 5.32 Å². The number of carboxylic acid groups (broad SMARTS) is 1. The van der Waals surface area contributed by atoms with E-state index in [1.165, 1.54) is 11.2 Å². The highest BCUT2D eigenvalue weighted by atomic mass is 32.2. The molecule has 8 heteroatoms. The Morgan fingerprint density at radius 3 is 2.36 bits per heavy atom. The number of hydrogen-bond donors (Lipinski definition) is 2. The van der Waals surface area contributed by atoms with Gasteiger partial charge in [0.1, 0.15) is 6.04 Å². The molecule has 138 valence electrons. The fourth-order valence-electron chi connectivity index (χ4n) is 2.98. The number of aryl methyl sites for hydroxylation is 2. The van der Waals surface area contributed by atoms with E-state index in [4.69, 9.17) is 5.11 Å². The number of nitrogens with one attached hydrogen (secondary N) is 1. The molecular weight excluding hydrogens is 344 g/mol. The van der Waals surface area contributed by atoms with Gasteiger partial charge in [-0.15, -0.1) is 0 Å². The van der Waals surface area contributed by atoms with Crippen LogP contribution in [0.2, 0.25) is 0 Å². The van der Waals surface area contributed by atoms with Crippen LogP contribution in [0.15, 0.2) is 23.1 Å².